The van der Waals surface area contributed by atoms with Gasteiger partial charge in [0.1, 0.15) is 11.6 Å². The van der Waals surface area contributed by atoms with Crippen molar-refractivity contribution in [2.45, 2.75) is 0 Å². The van der Waals surface area contributed by atoms with E-state index >= 15 is 0 Å². The Morgan fingerprint density at radius 3 is 2.72 bits per heavy atom. The zero-order chi connectivity index (χ0) is 12.5. The van der Waals surface area contributed by atoms with E-state index in [1.54, 1.807) is 31.4 Å². The summed E-state index contributed by atoms with van der Waals surface area (Å²) in [6.45, 7) is 0. The lowest BCUT2D eigenvalue weighted by Crippen LogP contribution is -1.86. The molecule has 0 unspecified atom stereocenters. The molecule has 5 heteroatoms. The molecule has 0 amide bonds. The van der Waals surface area contributed by atoms with Gasteiger partial charge >= 0.3 is 0 Å². The summed E-state index contributed by atoms with van der Waals surface area (Å²) in [6, 6.07) is 10.6. The summed E-state index contributed by atoms with van der Waals surface area (Å²) in [5.41, 5.74) is 2.01. The van der Waals surface area contributed by atoms with Gasteiger partial charge in [-0.2, -0.15) is 4.98 Å². The van der Waals surface area contributed by atoms with Gasteiger partial charge in [-0.05, 0) is 18.2 Å². The minimum absolute atomic E-state index is 0.184. The quantitative estimate of drug-likeness (QED) is 0.722. The van der Waals surface area contributed by atoms with Crippen LogP contribution in [0.25, 0.3) is 22.6 Å². The number of hydrogen-bond acceptors (Lipinski definition) is 4. The van der Waals surface area contributed by atoms with Crippen molar-refractivity contribution in [1.29, 1.82) is 0 Å². The zero-order valence-corrected chi connectivity index (χ0v) is 9.71. The van der Waals surface area contributed by atoms with Gasteiger partial charge in [0, 0.05) is 6.07 Å². The van der Waals surface area contributed by atoms with Gasteiger partial charge < -0.3 is 14.8 Å². The highest BCUT2D eigenvalue weighted by molar-refractivity contribution is 5.77. The molecule has 0 fully saturated rings. The number of fused-ring (bicyclic) bond motifs is 1. The molecule has 2 heterocycles. The molecule has 90 valence electrons. The van der Waals surface area contributed by atoms with Crippen LogP contribution in [-0.4, -0.2) is 27.2 Å². The molecule has 0 saturated carbocycles. The Morgan fingerprint density at radius 1 is 1.11 bits per heavy atom. The summed E-state index contributed by atoms with van der Waals surface area (Å²) in [6.07, 6.45) is 0. The number of rotatable bonds is 2. The van der Waals surface area contributed by atoms with Gasteiger partial charge in [0.05, 0.1) is 18.2 Å². The zero-order valence-electron chi connectivity index (χ0n) is 9.71. The van der Waals surface area contributed by atoms with E-state index in [0.717, 1.165) is 5.52 Å². The Kier molecular flexibility index (Phi) is 2.37. The van der Waals surface area contributed by atoms with E-state index in [-0.39, 0.29) is 5.75 Å². The number of H-pyrrole nitrogens is 1. The Morgan fingerprint density at radius 2 is 1.94 bits per heavy atom. The van der Waals surface area contributed by atoms with Crippen LogP contribution in [0.2, 0.25) is 0 Å². The number of nitrogens with zero attached hydrogens (tertiary/aromatic N) is 2. The second kappa shape index (κ2) is 4.03. The molecule has 0 aliphatic rings. The molecule has 1 aromatic carbocycles. The molecule has 5 nitrogen and oxygen atoms in total. The summed E-state index contributed by atoms with van der Waals surface area (Å²) < 4.78 is 5.05. The number of phenolic OH excluding ortho intramolecular Hbond substituents is 1. The van der Waals surface area contributed by atoms with Crippen molar-refractivity contribution in [3.8, 4) is 23.0 Å². The second-order valence-corrected chi connectivity index (χ2v) is 3.83. The van der Waals surface area contributed by atoms with Crippen molar-refractivity contribution in [2.75, 3.05) is 7.11 Å². The van der Waals surface area contributed by atoms with Crippen LogP contribution >= 0.6 is 0 Å². The fraction of sp³-hybridized carbons (Fsp3) is 0.0769. The largest absolute Gasteiger partial charge is 0.507 e. The first kappa shape index (κ1) is 10.6. The molecular formula is C13H11N3O2. The summed E-state index contributed by atoms with van der Waals surface area (Å²) in [7, 11) is 1.56. The van der Waals surface area contributed by atoms with E-state index < -0.39 is 0 Å². The van der Waals surface area contributed by atoms with Gasteiger partial charge in [0.25, 0.3) is 0 Å². The lowest BCUT2D eigenvalue weighted by Gasteiger charge is -1.98. The smallest absolute Gasteiger partial charge is 0.215 e. The Balaban J connectivity index is 2.17. The van der Waals surface area contributed by atoms with Gasteiger partial charge in [-0.1, -0.05) is 12.1 Å². The summed E-state index contributed by atoms with van der Waals surface area (Å²) in [5.74, 6) is 1.28. The number of hydrogen-bond donors (Lipinski definition) is 2. The van der Waals surface area contributed by atoms with Crippen LogP contribution in [0.3, 0.4) is 0 Å². The number of aromatic nitrogens is 3. The fourth-order valence-corrected chi connectivity index (χ4v) is 1.79. The first-order valence-corrected chi connectivity index (χ1v) is 5.47. The van der Waals surface area contributed by atoms with Crippen LogP contribution in [-0.2, 0) is 0 Å². The molecule has 0 bridgehead atoms. The van der Waals surface area contributed by atoms with Crippen LogP contribution < -0.4 is 4.74 Å². The van der Waals surface area contributed by atoms with Crippen molar-refractivity contribution in [2.24, 2.45) is 0 Å². The molecule has 2 N–H and O–H groups in total. The van der Waals surface area contributed by atoms with Gasteiger partial charge in [-0.15, -0.1) is 0 Å². The molecule has 0 atom stereocenters. The number of para-hydroxylation sites is 1. The maximum absolute atomic E-state index is 9.78. The van der Waals surface area contributed by atoms with Crippen molar-refractivity contribution in [3.05, 3.63) is 36.4 Å². The highest BCUT2D eigenvalue weighted by Crippen LogP contribution is 2.27. The van der Waals surface area contributed by atoms with Gasteiger partial charge in [-0.3, -0.25) is 0 Å². The number of aromatic amines is 1. The molecule has 0 radical (unpaired) electrons. The average molecular weight is 241 g/mol. The number of imidazole rings is 1. The number of pyridine rings is 1. The van der Waals surface area contributed by atoms with Gasteiger partial charge in [0.15, 0.2) is 5.65 Å². The Hall–Kier alpha value is -2.56. The highest BCUT2D eigenvalue weighted by Gasteiger charge is 2.10. The number of aromatic hydroxyl groups is 1. The van der Waals surface area contributed by atoms with Crippen LogP contribution in [0.4, 0.5) is 0 Å². The molecule has 0 aliphatic carbocycles. The number of benzene rings is 1. The summed E-state index contributed by atoms with van der Waals surface area (Å²) in [5, 5.41) is 9.78. The molecule has 0 aliphatic heterocycles. The molecule has 0 saturated heterocycles. The third-order valence-corrected chi connectivity index (χ3v) is 2.69. The van der Waals surface area contributed by atoms with Crippen LogP contribution in [0.5, 0.6) is 11.6 Å². The molecule has 3 aromatic rings. The number of methoxy groups -OCH3 is 1. The maximum atomic E-state index is 9.78. The van der Waals surface area contributed by atoms with E-state index in [1.165, 1.54) is 0 Å². The fourth-order valence-electron chi connectivity index (χ4n) is 1.79. The number of ether oxygens (including phenoxy) is 1. The van der Waals surface area contributed by atoms with Crippen LogP contribution in [0, 0.1) is 0 Å². The van der Waals surface area contributed by atoms with Gasteiger partial charge in [-0.25, -0.2) is 4.98 Å². The summed E-state index contributed by atoms with van der Waals surface area (Å²) in [4.78, 5) is 11.7. The van der Waals surface area contributed by atoms with Crippen molar-refractivity contribution in [1.82, 2.24) is 15.0 Å². The monoisotopic (exact) mass is 241 g/mol. The van der Waals surface area contributed by atoms with Crippen molar-refractivity contribution < 1.29 is 9.84 Å². The van der Waals surface area contributed by atoms with E-state index in [4.69, 9.17) is 4.74 Å². The predicted octanol–water partition coefficient (Wildman–Crippen LogP) is 2.34. The first-order valence-electron chi connectivity index (χ1n) is 5.47. The lowest BCUT2D eigenvalue weighted by molar-refractivity contribution is 0.399. The third-order valence-electron chi connectivity index (χ3n) is 2.69. The van der Waals surface area contributed by atoms with E-state index in [9.17, 15) is 5.11 Å². The molecule has 3 rings (SSSR count). The lowest BCUT2D eigenvalue weighted by atomic mass is 10.2. The predicted molar refractivity (Wildman–Crippen MR) is 67.5 cm³/mol. The van der Waals surface area contributed by atoms with E-state index in [2.05, 4.69) is 15.0 Å². The Labute approximate surface area is 103 Å². The van der Waals surface area contributed by atoms with Crippen molar-refractivity contribution >= 4 is 11.2 Å². The van der Waals surface area contributed by atoms with E-state index in [1.807, 2.05) is 12.1 Å². The third kappa shape index (κ3) is 1.66. The standard InChI is InChI=1S/C13H11N3O2/c1-18-11-7-6-9-13(15-11)16-12(14-9)8-4-2-3-5-10(8)17/h2-7,17H,1H3,(H,14,15,16). The SMILES string of the molecule is COc1ccc2[nH]c(-c3ccccc3O)nc2n1. The molecule has 18 heavy (non-hydrogen) atoms. The second-order valence-electron chi connectivity index (χ2n) is 3.83. The summed E-state index contributed by atoms with van der Waals surface area (Å²) >= 11 is 0. The topological polar surface area (TPSA) is 71.0 Å². The molecule has 2 aromatic heterocycles. The van der Waals surface area contributed by atoms with Crippen LogP contribution in [0.1, 0.15) is 0 Å². The maximum Gasteiger partial charge on any atom is 0.215 e. The minimum Gasteiger partial charge on any atom is -0.507 e. The average Bonchev–Trinajstić information content (AvgIpc) is 2.81. The molecular weight excluding hydrogens is 230 g/mol. The first-order chi connectivity index (χ1) is 8.78. The highest BCUT2D eigenvalue weighted by atomic mass is 16.5. The number of nitrogens with one attached hydrogen (secondary N) is 1. The van der Waals surface area contributed by atoms with Gasteiger partial charge in [0.2, 0.25) is 5.88 Å². The van der Waals surface area contributed by atoms with Crippen LogP contribution in [0.15, 0.2) is 36.4 Å². The van der Waals surface area contributed by atoms with Crippen molar-refractivity contribution in [3.63, 3.8) is 0 Å². The molecule has 0 spiro atoms. The Bertz CT molecular complexity index is 706. The van der Waals surface area contributed by atoms with E-state index in [0.29, 0.717) is 22.9 Å². The normalized spacial score (nSPS) is 10.7. The number of phenols is 1. The minimum atomic E-state index is 0.184.